The largest absolute Gasteiger partial charge is 0.458 e. The molecule has 7 nitrogen and oxygen atoms in total. The number of alkyl halides is 2. The SMILES string of the molecule is CC(=O)OCC(=O)[C@]12OC(C)(C)O[C@@H]1C[C@H]1[C@@H]3C[C@H](F)C4=CC(=O)C=C[C@]4(C)[C@]3(F)[C@H](O)C[C@@]12C. The Bertz CT molecular complexity index is 1070. The van der Waals surface area contributed by atoms with Crippen LogP contribution in [0.3, 0.4) is 0 Å². The molecule has 0 unspecified atom stereocenters. The molecular formula is C26H32F2O7. The monoisotopic (exact) mass is 494 g/mol. The number of fused-ring (bicyclic) bond motifs is 7. The Hall–Kier alpha value is -1.97. The molecule has 4 fully saturated rings. The Morgan fingerprint density at radius 2 is 1.89 bits per heavy atom. The zero-order valence-corrected chi connectivity index (χ0v) is 20.6. The number of aliphatic hydroxyl groups excluding tert-OH is 1. The number of ether oxygens (including phenoxy) is 3. The quantitative estimate of drug-likeness (QED) is 0.603. The van der Waals surface area contributed by atoms with Crippen LogP contribution in [0.1, 0.15) is 53.9 Å². The molecule has 0 aromatic carbocycles. The molecule has 1 heterocycles. The van der Waals surface area contributed by atoms with Crippen LogP contribution in [-0.2, 0) is 28.6 Å². The first kappa shape index (κ1) is 24.7. The van der Waals surface area contributed by atoms with E-state index in [2.05, 4.69) is 0 Å². The average molecular weight is 495 g/mol. The first-order valence-corrected chi connectivity index (χ1v) is 12.1. The summed E-state index contributed by atoms with van der Waals surface area (Å²) in [5.74, 6) is -4.23. The van der Waals surface area contributed by atoms with Gasteiger partial charge in [-0.25, -0.2) is 8.78 Å². The first-order valence-electron chi connectivity index (χ1n) is 12.1. The van der Waals surface area contributed by atoms with Gasteiger partial charge in [-0.15, -0.1) is 0 Å². The predicted octanol–water partition coefficient (Wildman–Crippen LogP) is 2.94. The van der Waals surface area contributed by atoms with Crippen LogP contribution in [0.15, 0.2) is 23.8 Å². The number of hydrogen-bond donors (Lipinski definition) is 1. The number of Topliss-reactive ketones (excluding diaryl/α,β-unsaturated/α-hetero) is 1. The van der Waals surface area contributed by atoms with Gasteiger partial charge in [-0.1, -0.05) is 13.0 Å². The highest BCUT2D eigenvalue weighted by Crippen LogP contribution is 2.72. The summed E-state index contributed by atoms with van der Waals surface area (Å²) in [5.41, 5.74) is -6.46. The Balaban J connectivity index is 1.62. The second-order valence-electron chi connectivity index (χ2n) is 11.6. The second-order valence-corrected chi connectivity index (χ2v) is 11.6. The van der Waals surface area contributed by atoms with Gasteiger partial charge >= 0.3 is 5.97 Å². The molecule has 0 bridgehead atoms. The third-order valence-corrected chi connectivity index (χ3v) is 9.44. The minimum Gasteiger partial charge on any atom is -0.458 e. The van der Waals surface area contributed by atoms with E-state index in [9.17, 15) is 19.5 Å². The summed E-state index contributed by atoms with van der Waals surface area (Å²) in [6, 6.07) is 0. The van der Waals surface area contributed by atoms with Crippen LogP contribution in [-0.4, -0.2) is 64.7 Å². The first-order chi connectivity index (χ1) is 16.1. The molecule has 1 N–H and O–H groups in total. The molecule has 0 radical (unpaired) electrons. The van der Waals surface area contributed by atoms with Crippen molar-refractivity contribution in [3.8, 4) is 0 Å². The number of hydrogen-bond acceptors (Lipinski definition) is 7. The number of carbonyl (C=O) groups is 3. The van der Waals surface area contributed by atoms with Crippen LogP contribution in [0.25, 0.3) is 0 Å². The highest BCUT2D eigenvalue weighted by atomic mass is 19.1. The van der Waals surface area contributed by atoms with Crippen molar-refractivity contribution in [2.75, 3.05) is 6.61 Å². The van der Waals surface area contributed by atoms with E-state index in [-0.39, 0.29) is 24.8 Å². The van der Waals surface area contributed by atoms with Gasteiger partial charge < -0.3 is 19.3 Å². The molecule has 192 valence electrons. The third-order valence-electron chi connectivity index (χ3n) is 9.44. The summed E-state index contributed by atoms with van der Waals surface area (Å²) in [5, 5.41) is 11.5. The zero-order chi connectivity index (χ0) is 25.8. The standard InChI is InChI=1S/C26H32F2O7/c1-13(29)33-12-20(32)26-21(34-22(2,3)35-26)10-15-16-9-18(27)17-8-14(30)6-7-23(17,4)25(16,28)19(31)11-24(15,26)5/h6-8,15-16,18-19,21,31H,9-12H2,1-5H3/t15-,16-,18-,19+,21+,23-,24-,25+,26-/m0/s1. The molecule has 5 rings (SSSR count). The molecule has 0 spiro atoms. The molecule has 1 saturated heterocycles. The Morgan fingerprint density at radius 1 is 1.20 bits per heavy atom. The van der Waals surface area contributed by atoms with Gasteiger partial charge in [0.15, 0.2) is 29.4 Å². The minimum absolute atomic E-state index is 0.0406. The molecular weight excluding hydrogens is 462 g/mol. The Labute approximate surface area is 202 Å². The van der Waals surface area contributed by atoms with Gasteiger partial charge in [0, 0.05) is 23.7 Å². The number of aliphatic hydroxyl groups is 1. The lowest BCUT2D eigenvalue weighted by atomic mass is 9.44. The van der Waals surface area contributed by atoms with E-state index in [1.807, 2.05) is 0 Å². The van der Waals surface area contributed by atoms with Gasteiger partial charge in [0.2, 0.25) is 5.78 Å². The molecule has 0 aromatic heterocycles. The topological polar surface area (TPSA) is 99.1 Å². The molecule has 9 atom stereocenters. The van der Waals surface area contributed by atoms with Gasteiger partial charge in [-0.2, -0.15) is 0 Å². The van der Waals surface area contributed by atoms with Gasteiger partial charge in [-0.3, -0.25) is 14.4 Å². The number of allylic oxidation sites excluding steroid dienone is 4. The zero-order valence-electron chi connectivity index (χ0n) is 20.6. The average Bonchev–Trinajstić information content (AvgIpc) is 3.16. The number of esters is 1. The molecule has 3 saturated carbocycles. The van der Waals surface area contributed by atoms with Crippen molar-refractivity contribution < 1.29 is 42.5 Å². The minimum atomic E-state index is -2.27. The lowest BCUT2D eigenvalue weighted by molar-refractivity contribution is -0.249. The molecule has 0 amide bonds. The van der Waals surface area contributed by atoms with Crippen molar-refractivity contribution in [2.24, 2.45) is 22.7 Å². The van der Waals surface area contributed by atoms with Gasteiger partial charge in [0.05, 0.1) is 12.2 Å². The molecule has 0 aromatic rings. The maximum Gasteiger partial charge on any atom is 0.303 e. The highest BCUT2D eigenvalue weighted by Gasteiger charge is 2.80. The van der Waals surface area contributed by atoms with E-state index in [0.717, 1.165) is 6.08 Å². The third kappa shape index (κ3) is 2.95. The summed E-state index contributed by atoms with van der Waals surface area (Å²) >= 11 is 0. The molecule has 5 aliphatic rings. The summed E-state index contributed by atoms with van der Waals surface area (Å²) < 4.78 is 50.3. The van der Waals surface area contributed by atoms with Crippen LogP contribution in [0.5, 0.6) is 0 Å². The van der Waals surface area contributed by atoms with Crippen LogP contribution in [0.4, 0.5) is 8.78 Å². The highest BCUT2D eigenvalue weighted by molar-refractivity contribution is 6.01. The van der Waals surface area contributed by atoms with Crippen LogP contribution in [0.2, 0.25) is 0 Å². The van der Waals surface area contributed by atoms with Gasteiger partial charge in [0.1, 0.15) is 6.17 Å². The molecule has 35 heavy (non-hydrogen) atoms. The van der Waals surface area contributed by atoms with E-state index >= 15 is 8.78 Å². The summed E-state index contributed by atoms with van der Waals surface area (Å²) in [4.78, 5) is 37.1. The predicted molar refractivity (Wildman–Crippen MR) is 118 cm³/mol. The van der Waals surface area contributed by atoms with Crippen molar-refractivity contribution in [3.63, 3.8) is 0 Å². The normalized spacial score (nSPS) is 49.4. The van der Waals surface area contributed by atoms with Crippen molar-refractivity contribution >= 4 is 17.5 Å². The van der Waals surface area contributed by atoms with Gasteiger partial charge in [0.25, 0.3) is 0 Å². The van der Waals surface area contributed by atoms with Crippen LogP contribution >= 0.6 is 0 Å². The summed E-state index contributed by atoms with van der Waals surface area (Å²) in [6.45, 7) is 7.28. The van der Waals surface area contributed by atoms with E-state index in [1.54, 1.807) is 20.8 Å². The number of rotatable bonds is 3. The smallest absolute Gasteiger partial charge is 0.303 e. The second kappa shape index (κ2) is 7.29. The van der Waals surface area contributed by atoms with Gasteiger partial charge in [-0.05, 0) is 63.7 Å². The number of carbonyl (C=O) groups excluding carboxylic acids is 3. The Morgan fingerprint density at radius 3 is 2.54 bits per heavy atom. The van der Waals surface area contributed by atoms with Crippen LogP contribution in [0, 0.1) is 22.7 Å². The fourth-order valence-corrected chi connectivity index (χ4v) is 8.08. The lowest BCUT2D eigenvalue weighted by Crippen LogP contribution is -2.71. The lowest BCUT2D eigenvalue weighted by Gasteiger charge is -2.63. The van der Waals surface area contributed by atoms with E-state index < -0.39 is 82.2 Å². The fourth-order valence-electron chi connectivity index (χ4n) is 8.08. The van der Waals surface area contributed by atoms with Crippen molar-refractivity contribution in [2.45, 2.75) is 89.3 Å². The maximum atomic E-state index is 17.3. The molecule has 9 heteroatoms. The molecule has 4 aliphatic carbocycles. The fraction of sp³-hybridized carbons (Fsp3) is 0.731. The Kier molecular flexibility index (Phi) is 5.15. The molecule has 1 aliphatic heterocycles. The maximum absolute atomic E-state index is 17.3. The number of halogens is 2. The van der Waals surface area contributed by atoms with Crippen molar-refractivity contribution in [1.82, 2.24) is 0 Å². The number of ketones is 2. The van der Waals surface area contributed by atoms with E-state index in [4.69, 9.17) is 14.2 Å². The summed E-state index contributed by atoms with van der Waals surface area (Å²) in [7, 11) is 0. The van der Waals surface area contributed by atoms with E-state index in [0.29, 0.717) is 0 Å². The van der Waals surface area contributed by atoms with E-state index in [1.165, 1.54) is 26.0 Å². The van der Waals surface area contributed by atoms with Crippen molar-refractivity contribution in [1.29, 1.82) is 0 Å². The summed E-state index contributed by atoms with van der Waals surface area (Å²) in [6.07, 6.45) is -0.345. The van der Waals surface area contributed by atoms with Crippen LogP contribution < -0.4 is 0 Å². The van der Waals surface area contributed by atoms with Crippen molar-refractivity contribution in [3.05, 3.63) is 23.8 Å².